The number of methoxy groups -OCH3 is 2. The van der Waals surface area contributed by atoms with Gasteiger partial charge in [0.15, 0.2) is 5.82 Å². The smallest absolute Gasteiger partial charge is 0.355 e. The predicted molar refractivity (Wildman–Crippen MR) is 114 cm³/mol. The van der Waals surface area contributed by atoms with Crippen LogP contribution < -0.4 is 10.6 Å². The number of nitrogens with zero attached hydrogens (tertiary/aromatic N) is 2. The van der Waals surface area contributed by atoms with E-state index in [0.29, 0.717) is 11.6 Å². The van der Waals surface area contributed by atoms with E-state index in [-0.39, 0.29) is 27.1 Å². The van der Waals surface area contributed by atoms with Crippen LogP contribution in [0.15, 0.2) is 69.6 Å². The van der Waals surface area contributed by atoms with Gasteiger partial charge in [0, 0.05) is 10.5 Å². The molecule has 2 aromatic carbocycles. The van der Waals surface area contributed by atoms with Crippen molar-refractivity contribution in [3.05, 3.63) is 86.8 Å². The highest BCUT2D eigenvalue weighted by Gasteiger charge is 2.44. The summed E-state index contributed by atoms with van der Waals surface area (Å²) in [5.41, 5.74) is 5.46. The molecule has 1 unspecified atom stereocenters. The number of allylic oxidation sites excluding steroid dienone is 1. The third kappa shape index (κ3) is 3.83. The van der Waals surface area contributed by atoms with E-state index in [9.17, 15) is 23.6 Å². The van der Waals surface area contributed by atoms with Crippen molar-refractivity contribution in [2.24, 2.45) is 5.73 Å². The van der Waals surface area contributed by atoms with Crippen LogP contribution >= 0.6 is 15.9 Å². The number of hydrogen-bond donors (Lipinski definition) is 1. The molecule has 1 aliphatic heterocycles. The highest BCUT2D eigenvalue weighted by atomic mass is 79.9. The summed E-state index contributed by atoms with van der Waals surface area (Å²) in [5, 5.41) is 9.92. The number of benzene rings is 2. The van der Waals surface area contributed by atoms with Crippen LogP contribution in [-0.2, 0) is 19.1 Å². The van der Waals surface area contributed by atoms with Crippen molar-refractivity contribution in [1.29, 1.82) is 5.26 Å². The zero-order valence-electron chi connectivity index (χ0n) is 16.9. The van der Waals surface area contributed by atoms with Crippen LogP contribution in [0.5, 0.6) is 0 Å². The summed E-state index contributed by atoms with van der Waals surface area (Å²) in [4.78, 5) is 26.6. The lowest BCUT2D eigenvalue weighted by Crippen LogP contribution is -2.41. The number of nitriles is 1. The molecular weight excluding hydrogens is 488 g/mol. The maximum atomic E-state index is 14.9. The maximum absolute atomic E-state index is 14.9. The fourth-order valence-electron chi connectivity index (χ4n) is 3.49. The Morgan fingerprint density at radius 1 is 1.12 bits per heavy atom. The molecule has 0 aliphatic carbocycles. The molecule has 0 fully saturated rings. The van der Waals surface area contributed by atoms with Crippen molar-refractivity contribution in [2.75, 3.05) is 19.1 Å². The third-order valence-corrected chi connectivity index (χ3v) is 5.42. The Morgan fingerprint density at radius 2 is 1.75 bits per heavy atom. The summed E-state index contributed by atoms with van der Waals surface area (Å²) in [6.07, 6.45) is 0. The second-order valence-electron chi connectivity index (χ2n) is 6.55. The molecule has 32 heavy (non-hydrogen) atoms. The number of rotatable bonds is 4. The molecule has 0 saturated heterocycles. The van der Waals surface area contributed by atoms with Gasteiger partial charge in [-0.1, -0.05) is 30.3 Å². The number of nitrogens with two attached hydrogens (primary N) is 1. The fraction of sp³-hybridized carbons (Fsp3) is 0.136. The summed E-state index contributed by atoms with van der Waals surface area (Å²) < 4.78 is 38.3. The van der Waals surface area contributed by atoms with Gasteiger partial charge in [0.05, 0.1) is 43.0 Å². The molecule has 10 heteroatoms. The minimum Gasteiger partial charge on any atom is -0.466 e. The van der Waals surface area contributed by atoms with Gasteiger partial charge in [-0.25, -0.2) is 18.4 Å². The van der Waals surface area contributed by atoms with E-state index in [1.54, 1.807) is 30.3 Å². The third-order valence-electron chi connectivity index (χ3n) is 4.82. The summed E-state index contributed by atoms with van der Waals surface area (Å²) in [7, 11) is 2.16. The highest BCUT2D eigenvalue weighted by molar-refractivity contribution is 9.10. The Labute approximate surface area is 190 Å². The van der Waals surface area contributed by atoms with E-state index in [1.165, 1.54) is 0 Å². The number of ether oxygens (including phenoxy) is 2. The molecule has 0 aromatic heterocycles. The molecule has 0 saturated carbocycles. The Balaban J connectivity index is 2.48. The second-order valence-corrected chi connectivity index (χ2v) is 7.41. The first kappa shape index (κ1) is 23.0. The quantitative estimate of drug-likeness (QED) is 0.635. The fourth-order valence-corrected chi connectivity index (χ4v) is 4.08. The zero-order chi connectivity index (χ0) is 23.6. The molecule has 1 aliphatic rings. The van der Waals surface area contributed by atoms with Crippen LogP contribution in [-0.4, -0.2) is 26.2 Å². The van der Waals surface area contributed by atoms with Gasteiger partial charge < -0.3 is 15.2 Å². The van der Waals surface area contributed by atoms with Gasteiger partial charge in [-0.2, -0.15) is 5.26 Å². The van der Waals surface area contributed by atoms with Crippen LogP contribution in [0.1, 0.15) is 11.5 Å². The van der Waals surface area contributed by atoms with Crippen LogP contribution in [0, 0.1) is 23.0 Å². The molecule has 1 atom stereocenters. The number of halogens is 3. The van der Waals surface area contributed by atoms with Crippen LogP contribution in [0.3, 0.4) is 0 Å². The van der Waals surface area contributed by atoms with E-state index in [2.05, 4.69) is 15.9 Å². The molecule has 2 N–H and O–H groups in total. The van der Waals surface area contributed by atoms with Gasteiger partial charge in [0.1, 0.15) is 17.3 Å². The van der Waals surface area contributed by atoms with Crippen molar-refractivity contribution in [3.8, 4) is 6.07 Å². The van der Waals surface area contributed by atoms with E-state index >= 15 is 0 Å². The van der Waals surface area contributed by atoms with Crippen molar-refractivity contribution >= 4 is 33.6 Å². The van der Waals surface area contributed by atoms with Gasteiger partial charge in [0.25, 0.3) is 0 Å². The first-order valence-corrected chi connectivity index (χ1v) is 9.86. The molecule has 1 heterocycles. The number of carbonyl (C=O) groups is 2. The van der Waals surface area contributed by atoms with Gasteiger partial charge in [0.2, 0.25) is 0 Å². The highest BCUT2D eigenvalue weighted by Crippen LogP contribution is 2.45. The number of anilines is 1. The monoisotopic (exact) mass is 503 g/mol. The standard InChI is InChI=1S/C22H16BrF2N3O4/c1-31-21(29)17-16(11-6-4-3-5-7-11)13(10-26)20(27)28(19(17)22(30)32-2)18-14(23)8-12(24)9-15(18)25/h3-9,16H,27H2,1-2H3. The normalized spacial score (nSPS) is 16.0. The summed E-state index contributed by atoms with van der Waals surface area (Å²) in [6.45, 7) is 0. The number of hydrogen-bond acceptors (Lipinski definition) is 7. The lowest BCUT2D eigenvalue weighted by atomic mass is 9.81. The van der Waals surface area contributed by atoms with E-state index in [1.807, 2.05) is 6.07 Å². The molecule has 0 bridgehead atoms. The number of carbonyl (C=O) groups excluding carboxylic acids is 2. The van der Waals surface area contributed by atoms with Gasteiger partial charge in [-0.05, 0) is 27.6 Å². The Bertz CT molecular complexity index is 1180. The minimum absolute atomic E-state index is 0.112. The zero-order valence-corrected chi connectivity index (χ0v) is 18.4. The first-order valence-electron chi connectivity index (χ1n) is 9.06. The van der Waals surface area contributed by atoms with E-state index in [0.717, 1.165) is 25.2 Å². The summed E-state index contributed by atoms with van der Waals surface area (Å²) in [5.74, 6) is -5.41. The van der Waals surface area contributed by atoms with Gasteiger partial charge in [-0.15, -0.1) is 0 Å². The minimum atomic E-state index is -1.10. The van der Waals surface area contributed by atoms with Crippen LogP contribution in [0.25, 0.3) is 0 Å². The van der Waals surface area contributed by atoms with Crippen LogP contribution in [0.2, 0.25) is 0 Å². The van der Waals surface area contributed by atoms with Crippen LogP contribution in [0.4, 0.5) is 14.5 Å². The first-order chi connectivity index (χ1) is 15.3. The molecular formula is C22H16BrF2N3O4. The Morgan fingerprint density at radius 3 is 2.28 bits per heavy atom. The van der Waals surface area contributed by atoms with Crippen molar-refractivity contribution in [2.45, 2.75) is 5.92 Å². The SMILES string of the molecule is COC(=O)C1=C(C(=O)OC)N(c2c(F)cc(F)cc2Br)C(N)=C(C#N)C1c1ccccc1. The van der Waals surface area contributed by atoms with Crippen molar-refractivity contribution in [1.82, 2.24) is 0 Å². The number of esters is 2. The predicted octanol–water partition coefficient (Wildman–Crippen LogP) is 3.63. The molecule has 0 amide bonds. The van der Waals surface area contributed by atoms with E-state index in [4.69, 9.17) is 15.2 Å². The molecule has 3 rings (SSSR count). The largest absolute Gasteiger partial charge is 0.466 e. The lowest BCUT2D eigenvalue weighted by molar-refractivity contribution is -0.139. The summed E-state index contributed by atoms with van der Waals surface area (Å²) >= 11 is 3.06. The molecule has 164 valence electrons. The maximum Gasteiger partial charge on any atom is 0.355 e. The lowest BCUT2D eigenvalue weighted by Gasteiger charge is -2.36. The average molecular weight is 504 g/mol. The molecule has 0 radical (unpaired) electrons. The van der Waals surface area contributed by atoms with E-state index < -0.39 is 35.2 Å². The van der Waals surface area contributed by atoms with Crippen molar-refractivity contribution in [3.63, 3.8) is 0 Å². The van der Waals surface area contributed by atoms with Gasteiger partial charge in [-0.3, -0.25) is 4.90 Å². The Hall–Kier alpha value is -3.71. The average Bonchev–Trinajstić information content (AvgIpc) is 2.78. The second kappa shape index (κ2) is 9.20. The van der Waals surface area contributed by atoms with Crippen molar-refractivity contribution < 1.29 is 27.8 Å². The Kier molecular flexibility index (Phi) is 6.60. The molecule has 2 aromatic rings. The topological polar surface area (TPSA) is 106 Å². The van der Waals surface area contributed by atoms with Gasteiger partial charge >= 0.3 is 11.9 Å². The molecule has 7 nitrogen and oxygen atoms in total. The summed E-state index contributed by atoms with van der Waals surface area (Å²) in [6, 6.07) is 11.8. The molecule has 0 spiro atoms.